The van der Waals surface area contributed by atoms with Crippen LogP contribution in [0.4, 0.5) is 0 Å². The van der Waals surface area contributed by atoms with E-state index in [1.807, 2.05) is 0 Å². The van der Waals surface area contributed by atoms with Gasteiger partial charge in [0.25, 0.3) is 0 Å². The minimum absolute atomic E-state index is 0.0175. The lowest BCUT2D eigenvalue weighted by atomic mass is 10.0. The fraction of sp³-hybridized carbons (Fsp3) is 0.364. The normalized spacial score (nSPS) is 14.1. The van der Waals surface area contributed by atoms with Crippen LogP contribution < -0.4 is 21.7 Å². The van der Waals surface area contributed by atoms with E-state index < -0.39 is 60.2 Å². The lowest BCUT2D eigenvalue weighted by Gasteiger charge is -2.24. The smallest absolute Gasteiger partial charge is 0.325 e. The number of amides is 3. The Kier molecular flexibility index (Phi) is 9.92. The molecule has 0 spiro atoms. The lowest BCUT2D eigenvalue weighted by molar-refractivity contribution is -0.141. The maximum Gasteiger partial charge on any atom is 0.325 e. The number of aliphatic carboxylic acids is 2. The van der Waals surface area contributed by atoms with Crippen molar-refractivity contribution in [2.75, 3.05) is 0 Å². The average Bonchev–Trinajstić information content (AvgIpc) is 3.32. The predicted molar refractivity (Wildman–Crippen MR) is 123 cm³/mol. The number of benzene rings is 1. The zero-order chi connectivity index (χ0) is 26.8. The molecule has 2 rings (SSSR count). The third kappa shape index (κ3) is 8.72. The number of hydrogen-bond acceptors (Lipinski definition) is 8. The van der Waals surface area contributed by atoms with Crippen LogP contribution in [0, 0.1) is 0 Å². The number of aromatic nitrogens is 2. The number of phenolic OH excluding ortho intramolecular Hbond substituents is 1. The molecule has 4 atom stereocenters. The van der Waals surface area contributed by atoms with E-state index in [4.69, 9.17) is 15.9 Å². The van der Waals surface area contributed by atoms with E-state index in [0.29, 0.717) is 11.3 Å². The van der Waals surface area contributed by atoms with E-state index in [1.165, 1.54) is 43.7 Å². The van der Waals surface area contributed by atoms with E-state index >= 15 is 0 Å². The van der Waals surface area contributed by atoms with Gasteiger partial charge in [0.2, 0.25) is 17.7 Å². The fourth-order valence-electron chi connectivity index (χ4n) is 3.11. The van der Waals surface area contributed by atoms with Gasteiger partial charge in [-0.15, -0.1) is 0 Å². The second kappa shape index (κ2) is 12.9. The molecule has 0 bridgehead atoms. The lowest BCUT2D eigenvalue weighted by Crippen LogP contribution is -2.58. The van der Waals surface area contributed by atoms with Crippen molar-refractivity contribution in [3.63, 3.8) is 0 Å². The van der Waals surface area contributed by atoms with Crippen LogP contribution in [0.3, 0.4) is 0 Å². The predicted octanol–water partition coefficient (Wildman–Crippen LogP) is -1.74. The van der Waals surface area contributed by atoms with Crippen molar-refractivity contribution >= 4 is 29.7 Å². The average molecular weight is 505 g/mol. The van der Waals surface area contributed by atoms with Crippen LogP contribution in [0.2, 0.25) is 0 Å². The molecule has 0 aliphatic rings. The van der Waals surface area contributed by atoms with Gasteiger partial charge in [-0.25, -0.2) is 4.98 Å². The number of aromatic amines is 1. The van der Waals surface area contributed by atoms with Crippen molar-refractivity contribution in [1.82, 2.24) is 25.9 Å². The Hall–Kier alpha value is -4.46. The van der Waals surface area contributed by atoms with Gasteiger partial charge in [-0.2, -0.15) is 0 Å². The number of nitrogens with one attached hydrogen (secondary N) is 4. The van der Waals surface area contributed by atoms with Gasteiger partial charge in [0, 0.05) is 24.7 Å². The number of carboxylic acid groups (broad SMARTS) is 2. The molecule has 0 fully saturated rings. The second-order valence-corrected chi connectivity index (χ2v) is 8.05. The number of carbonyl (C=O) groups is 5. The van der Waals surface area contributed by atoms with Crippen molar-refractivity contribution in [2.24, 2.45) is 5.73 Å². The first-order valence-electron chi connectivity index (χ1n) is 10.8. The summed E-state index contributed by atoms with van der Waals surface area (Å²) in [5.74, 6) is -5.09. The van der Waals surface area contributed by atoms with E-state index in [-0.39, 0.29) is 18.6 Å². The highest BCUT2D eigenvalue weighted by Gasteiger charge is 2.30. The molecule has 2 aromatic rings. The van der Waals surface area contributed by atoms with Gasteiger partial charge < -0.3 is 42.0 Å². The van der Waals surface area contributed by atoms with Crippen LogP contribution in [0.15, 0.2) is 36.8 Å². The number of H-pyrrole nitrogens is 1. The zero-order valence-electron chi connectivity index (χ0n) is 19.3. The number of phenols is 1. The Morgan fingerprint density at radius 3 is 2.08 bits per heavy atom. The maximum atomic E-state index is 13.2. The van der Waals surface area contributed by atoms with E-state index in [9.17, 15) is 29.1 Å². The molecule has 1 aromatic heterocycles. The monoisotopic (exact) mass is 504 g/mol. The van der Waals surface area contributed by atoms with Crippen LogP contribution in [0.25, 0.3) is 0 Å². The number of imidazole rings is 1. The van der Waals surface area contributed by atoms with Crippen molar-refractivity contribution < 1.29 is 39.3 Å². The molecule has 9 N–H and O–H groups in total. The van der Waals surface area contributed by atoms with Crippen LogP contribution in [-0.4, -0.2) is 79.1 Å². The number of carbonyl (C=O) groups excluding carboxylic acids is 3. The number of aromatic hydroxyl groups is 1. The summed E-state index contributed by atoms with van der Waals surface area (Å²) in [6, 6.07) is 0.597. The summed E-state index contributed by atoms with van der Waals surface area (Å²) in [5.41, 5.74) is 6.62. The molecular weight excluding hydrogens is 476 g/mol. The first-order valence-corrected chi connectivity index (χ1v) is 10.8. The van der Waals surface area contributed by atoms with Crippen LogP contribution in [-0.2, 0) is 36.8 Å². The number of hydrogen-bond donors (Lipinski definition) is 8. The first kappa shape index (κ1) is 27.8. The Balaban J connectivity index is 2.25. The fourth-order valence-corrected chi connectivity index (χ4v) is 3.11. The van der Waals surface area contributed by atoms with Gasteiger partial charge in [-0.3, -0.25) is 24.0 Å². The summed E-state index contributed by atoms with van der Waals surface area (Å²) < 4.78 is 0. The van der Waals surface area contributed by atoms with E-state index in [1.54, 1.807) is 0 Å². The molecular formula is C22H28N6O8. The molecule has 0 saturated carbocycles. The van der Waals surface area contributed by atoms with Crippen LogP contribution in [0.1, 0.15) is 24.6 Å². The largest absolute Gasteiger partial charge is 0.508 e. The minimum Gasteiger partial charge on any atom is -0.508 e. The maximum absolute atomic E-state index is 13.2. The SMILES string of the molecule is CC(NC(=O)C(Cc1cnc[nH]1)NC(=O)C(Cc1ccc(O)cc1)NC(=O)C(N)CC(=O)O)C(=O)O. The van der Waals surface area contributed by atoms with E-state index in [0.717, 1.165) is 0 Å². The molecule has 0 aliphatic carbocycles. The molecule has 194 valence electrons. The summed E-state index contributed by atoms with van der Waals surface area (Å²) in [5, 5.41) is 34.7. The molecule has 14 heteroatoms. The third-order valence-corrected chi connectivity index (χ3v) is 5.08. The van der Waals surface area contributed by atoms with Crippen molar-refractivity contribution in [2.45, 2.75) is 50.4 Å². The topological polar surface area (TPSA) is 237 Å². The molecule has 4 unspecified atom stereocenters. The number of nitrogens with two attached hydrogens (primary N) is 1. The van der Waals surface area contributed by atoms with Crippen molar-refractivity contribution in [3.8, 4) is 5.75 Å². The van der Waals surface area contributed by atoms with Gasteiger partial charge in [0.15, 0.2) is 0 Å². The Morgan fingerprint density at radius 1 is 0.944 bits per heavy atom. The molecule has 0 saturated heterocycles. The molecule has 36 heavy (non-hydrogen) atoms. The second-order valence-electron chi connectivity index (χ2n) is 8.05. The highest BCUT2D eigenvalue weighted by atomic mass is 16.4. The van der Waals surface area contributed by atoms with Crippen LogP contribution >= 0.6 is 0 Å². The first-order chi connectivity index (χ1) is 17.0. The molecule has 14 nitrogen and oxygen atoms in total. The van der Waals surface area contributed by atoms with Crippen molar-refractivity contribution in [1.29, 1.82) is 0 Å². The van der Waals surface area contributed by atoms with Gasteiger partial charge in [0.1, 0.15) is 23.9 Å². The number of rotatable bonds is 13. The minimum atomic E-state index is -1.43. The van der Waals surface area contributed by atoms with Gasteiger partial charge >= 0.3 is 11.9 Å². The molecule has 1 aromatic carbocycles. The Morgan fingerprint density at radius 2 is 1.53 bits per heavy atom. The standard InChI is InChI=1S/C22H28N6O8/c1-11(22(35)36)26-20(33)17(7-13-9-24-10-25-13)28-21(34)16(6-12-2-4-14(29)5-3-12)27-19(32)15(23)8-18(30)31/h2-5,9-11,15-17,29H,6-8,23H2,1H3,(H,24,25)(H,26,33)(H,27,32)(H,28,34)(H,30,31)(H,35,36). The zero-order valence-corrected chi connectivity index (χ0v) is 19.3. The summed E-state index contributed by atoms with van der Waals surface area (Å²) >= 11 is 0. The molecule has 0 radical (unpaired) electrons. The quantitative estimate of drug-likeness (QED) is 0.153. The van der Waals surface area contributed by atoms with Gasteiger partial charge in [0.05, 0.1) is 18.8 Å². The number of carboxylic acids is 2. The highest BCUT2D eigenvalue weighted by molar-refractivity contribution is 5.95. The molecule has 1 heterocycles. The third-order valence-electron chi connectivity index (χ3n) is 5.08. The van der Waals surface area contributed by atoms with Gasteiger partial charge in [-0.1, -0.05) is 12.1 Å². The summed E-state index contributed by atoms with van der Waals surface area (Å²) in [6.07, 6.45) is 1.97. The van der Waals surface area contributed by atoms with Gasteiger partial charge in [-0.05, 0) is 24.6 Å². The van der Waals surface area contributed by atoms with E-state index in [2.05, 4.69) is 25.9 Å². The molecule has 3 amide bonds. The summed E-state index contributed by atoms with van der Waals surface area (Å²) in [4.78, 5) is 67.1. The van der Waals surface area contributed by atoms with Crippen LogP contribution in [0.5, 0.6) is 5.75 Å². The summed E-state index contributed by atoms with van der Waals surface area (Å²) in [7, 11) is 0. The highest BCUT2D eigenvalue weighted by Crippen LogP contribution is 2.12. The number of nitrogens with zero attached hydrogens (tertiary/aromatic N) is 1. The van der Waals surface area contributed by atoms with Crippen molar-refractivity contribution in [3.05, 3.63) is 48.0 Å². The Labute approximate surface area is 205 Å². The Bertz CT molecular complexity index is 1070. The molecule has 0 aliphatic heterocycles. The summed E-state index contributed by atoms with van der Waals surface area (Å²) in [6.45, 7) is 1.26.